The number of rotatable bonds is 3. The molecule has 14 rings (SSSR count). The molecule has 0 aliphatic heterocycles. The minimum absolute atomic E-state index is 0.628. The van der Waals surface area contributed by atoms with Gasteiger partial charge in [0.15, 0.2) is 0 Å². The lowest BCUT2D eigenvalue weighted by Crippen LogP contribution is -2.26. The number of aromatic nitrogens is 3. The maximum atomic E-state index is 4.96. The van der Waals surface area contributed by atoms with Gasteiger partial charge in [0, 0.05) is 33.8 Å². The lowest BCUT2D eigenvalue weighted by molar-refractivity contribution is 0.787. The molecule has 0 fully saturated rings. The van der Waals surface area contributed by atoms with Crippen LogP contribution < -0.4 is 0 Å². The Balaban J connectivity index is 1.08. The van der Waals surface area contributed by atoms with Gasteiger partial charge in [-0.15, -0.1) is 0 Å². The average Bonchev–Trinajstić information content (AvgIpc) is 3.93. The maximum Gasteiger partial charge on any atom is 0.0980 e. The van der Waals surface area contributed by atoms with E-state index in [0.29, 0.717) is 0 Å². The molecule has 64 heavy (non-hydrogen) atoms. The van der Waals surface area contributed by atoms with Gasteiger partial charge in [-0.05, 0) is 156 Å². The Labute approximate surface area is 370 Å². The zero-order valence-corrected chi connectivity index (χ0v) is 35.4. The lowest BCUT2D eigenvalue weighted by Gasteiger charge is -2.30. The quantitative estimate of drug-likeness (QED) is 0.166. The van der Waals surface area contributed by atoms with Crippen LogP contribution in [0.2, 0.25) is 0 Å². The SMILES string of the molecule is Cc1cc(C)cc(-n2c3ccccc3c3cc4c(cc32)C2(c3ccccc3-4)c3cc(-c4c5ccccc5c(-c5ccc6ccccc6c5)c5ccccc45)ccc3-c3nnccc32)c1. The summed E-state index contributed by atoms with van der Waals surface area (Å²) in [5, 5.41) is 19.5. The van der Waals surface area contributed by atoms with Crippen molar-refractivity contribution in [3.8, 4) is 50.3 Å². The highest BCUT2D eigenvalue weighted by Crippen LogP contribution is 2.63. The van der Waals surface area contributed by atoms with E-state index in [2.05, 4.69) is 218 Å². The predicted molar refractivity (Wildman–Crippen MR) is 266 cm³/mol. The van der Waals surface area contributed by atoms with Crippen LogP contribution in [0.25, 0.3) is 104 Å². The number of nitrogens with zero attached hydrogens (tertiary/aromatic N) is 3. The molecule has 2 heterocycles. The van der Waals surface area contributed by atoms with Gasteiger partial charge >= 0.3 is 0 Å². The van der Waals surface area contributed by atoms with E-state index in [1.54, 1.807) is 0 Å². The van der Waals surface area contributed by atoms with Gasteiger partial charge in [-0.3, -0.25) is 0 Å². The fourth-order valence-electron chi connectivity index (χ4n) is 12.0. The molecule has 2 aliphatic rings. The van der Waals surface area contributed by atoms with E-state index in [9.17, 15) is 0 Å². The number of hydrogen-bond donors (Lipinski definition) is 0. The maximum absolute atomic E-state index is 4.96. The van der Waals surface area contributed by atoms with Crippen molar-refractivity contribution in [3.05, 3.63) is 234 Å². The fraction of sp³-hybridized carbons (Fsp3) is 0.0492. The van der Waals surface area contributed by atoms with Gasteiger partial charge < -0.3 is 4.57 Å². The van der Waals surface area contributed by atoms with Gasteiger partial charge in [-0.1, -0.05) is 146 Å². The number of hydrogen-bond acceptors (Lipinski definition) is 2. The third-order valence-electron chi connectivity index (χ3n) is 14.4. The molecule has 2 aliphatic carbocycles. The van der Waals surface area contributed by atoms with Crippen molar-refractivity contribution >= 4 is 54.1 Å². The predicted octanol–water partition coefficient (Wildman–Crippen LogP) is 15.3. The molecule has 0 saturated heterocycles. The molecule has 0 bridgehead atoms. The first-order valence-electron chi connectivity index (χ1n) is 22.2. The summed E-state index contributed by atoms with van der Waals surface area (Å²) < 4.78 is 2.48. The van der Waals surface area contributed by atoms with Gasteiger partial charge in [0.1, 0.15) is 0 Å². The van der Waals surface area contributed by atoms with Crippen LogP contribution in [0, 0.1) is 13.8 Å². The van der Waals surface area contributed by atoms with E-state index in [0.717, 1.165) is 11.3 Å². The minimum Gasteiger partial charge on any atom is -0.309 e. The molecule has 3 heteroatoms. The Morgan fingerprint density at radius 3 is 1.75 bits per heavy atom. The zero-order valence-electron chi connectivity index (χ0n) is 35.4. The summed E-state index contributed by atoms with van der Waals surface area (Å²) in [6.45, 7) is 4.39. The molecule has 1 unspecified atom stereocenters. The zero-order chi connectivity index (χ0) is 42.3. The van der Waals surface area contributed by atoms with Crippen LogP contribution in [0.3, 0.4) is 0 Å². The molecular weight excluding hydrogens is 775 g/mol. The highest BCUT2D eigenvalue weighted by atomic mass is 15.1. The summed E-state index contributed by atoms with van der Waals surface area (Å²) in [6, 6.07) is 72.7. The smallest absolute Gasteiger partial charge is 0.0980 e. The molecular formula is C61H39N3. The molecule has 0 saturated carbocycles. The topological polar surface area (TPSA) is 30.7 Å². The standard InChI is InChI=1S/C61H39N3/c1-36-29-37(2)31-42(30-36)64-56-22-12-10-16-44(56)51-34-50-43-15-9-11-21-52(43)61(55(50)35-57(51)64)53-27-28-62-63-60(53)49-26-25-41(33-54(49)61)59-47-19-7-5-17-45(47)58(46-18-6-8-20-48(46)59)40-24-23-38-13-3-4-14-39(38)32-40/h3-35H,1-2H3. The molecule has 1 spiro atoms. The number of benzene rings is 10. The Bertz CT molecular complexity index is 3920. The average molecular weight is 814 g/mol. The first-order chi connectivity index (χ1) is 31.6. The summed E-state index contributed by atoms with van der Waals surface area (Å²) in [4.78, 5) is 0. The van der Waals surface area contributed by atoms with E-state index in [1.165, 1.54) is 127 Å². The summed E-state index contributed by atoms with van der Waals surface area (Å²) in [7, 11) is 0. The van der Waals surface area contributed by atoms with Gasteiger partial charge in [-0.25, -0.2) is 0 Å². The van der Waals surface area contributed by atoms with Gasteiger partial charge in [0.2, 0.25) is 0 Å². The van der Waals surface area contributed by atoms with Crippen molar-refractivity contribution in [2.45, 2.75) is 19.3 Å². The summed E-state index contributed by atoms with van der Waals surface area (Å²) in [5.74, 6) is 0. The molecule has 2 aromatic heterocycles. The Morgan fingerprint density at radius 2 is 1.00 bits per heavy atom. The van der Waals surface area contributed by atoms with Crippen LogP contribution in [0.1, 0.15) is 33.4 Å². The third kappa shape index (κ3) is 4.65. The molecule has 0 amide bonds. The molecule has 12 aromatic rings. The summed E-state index contributed by atoms with van der Waals surface area (Å²) >= 11 is 0. The molecule has 3 nitrogen and oxygen atoms in total. The van der Waals surface area contributed by atoms with Gasteiger partial charge in [-0.2, -0.15) is 10.2 Å². The van der Waals surface area contributed by atoms with Crippen molar-refractivity contribution in [1.82, 2.24) is 14.8 Å². The highest BCUT2D eigenvalue weighted by Gasteiger charge is 2.53. The van der Waals surface area contributed by atoms with Crippen LogP contribution in [0.4, 0.5) is 0 Å². The fourth-order valence-corrected chi connectivity index (χ4v) is 12.0. The Hall–Kier alpha value is -8.14. The van der Waals surface area contributed by atoms with E-state index in [4.69, 9.17) is 5.10 Å². The van der Waals surface area contributed by atoms with E-state index in [1.807, 2.05) is 6.20 Å². The van der Waals surface area contributed by atoms with Crippen LogP contribution in [-0.2, 0) is 5.41 Å². The normalized spacial score (nSPS) is 14.8. The van der Waals surface area contributed by atoms with Crippen molar-refractivity contribution in [3.63, 3.8) is 0 Å². The Kier molecular flexibility index (Phi) is 7.17. The largest absolute Gasteiger partial charge is 0.309 e. The molecule has 0 N–H and O–H groups in total. The summed E-state index contributed by atoms with van der Waals surface area (Å²) in [5.41, 5.74) is 20.0. The first-order valence-corrected chi connectivity index (χ1v) is 22.2. The molecule has 10 aromatic carbocycles. The Morgan fingerprint density at radius 1 is 0.391 bits per heavy atom. The van der Waals surface area contributed by atoms with Crippen molar-refractivity contribution < 1.29 is 0 Å². The van der Waals surface area contributed by atoms with Crippen LogP contribution in [0.15, 0.2) is 200 Å². The van der Waals surface area contributed by atoms with Crippen LogP contribution in [-0.4, -0.2) is 14.8 Å². The minimum atomic E-state index is -0.628. The second kappa shape index (κ2) is 12.9. The number of aryl methyl sites for hydroxylation is 2. The van der Waals surface area contributed by atoms with Crippen molar-refractivity contribution in [2.75, 3.05) is 0 Å². The van der Waals surface area contributed by atoms with E-state index in [-0.39, 0.29) is 0 Å². The number of para-hydroxylation sites is 1. The van der Waals surface area contributed by atoms with Crippen LogP contribution in [0.5, 0.6) is 0 Å². The van der Waals surface area contributed by atoms with E-state index >= 15 is 0 Å². The van der Waals surface area contributed by atoms with Crippen molar-refractivity contribution in [2.24, 2.45) is 0 Å². The number of fused-ring (bicyclic) bond motifs is 16. The second-order valence-corrected chi connectivity index (χ2v) is 17.9. The third-order valence-corrected chi connectivity index (χ3v) is 14.4. The molecule has 0 radical (unpaired) electrons. The van der Waals surface area contributed by atoms with Gasteiger partial charge in [0.25, 0.3) is 0 Å². The lowest BCUT2D eigenvalue weighted by atomic mass is 9.70. The van der Waals surface area contributed by atoms with Gasteiger partial charge in [0.05, 0.1) is 22.1 Å². The molecule has 298 valence electrons. The van der Waals surface area contributed by atoms with E-state index < -0.39 is 5.41 Å². The second-order valence-electron chi connectivity index (χ2n) is 17.9. The molecule has 1 atom stereocenters. The summed E-state index contributed by atoms with van der Waals surface area (Å²) in [6.07, 6.45) is 1.88. The highest BCUT2D eigenvalue weighted by molar-refractivity contribution is 6.22. The first kappa shape index (κ1) is 35.5. The van der Waals surface area contributed by atoms with Crippen LogP contribution >= 0.6 is 0 Å². The monoisotopic (exact) mass is 813 g/mol. The van der Waals surface area contributed by atoms with Crippen molar-refractivity contribution in [1.29, 1.82) is 0 Å².